The fourth-order valence-electron chi connectivity index (χ4n) is 2.85. The van der Waals surface area contributed by atoms with Gasteiger partial charge in [-0.2, -0.15) is 0 Å². The third-order valence-electron chi connectivity index (χ3n) is 4.21. The first-order valence-corrected chi connectivity index (χ1v) is 8.89. The zero-order chi connectivity index (χ0) is 17.3. The standard InChI is InChI=1S/C20H25NO4/c22-20(21-10-4-11-23-14-19-7-3-12-24-19)15-25-18-9-8-16-5-1-2-6-17(16)13-18/h1-2,5-6,8-9,13,19H,3-4,7,10-12,14-15H2,(H,21,22)/t19-/m0/s1. The van der Waals surface area contributed by atoms with E-state index in [9.17, 15) is 4.79 Å². The molecule has 134 valence electrons. The minimum absolute atomic E-state index is 0.0229. The SMILES string of the molecule is O=C(COc1ccc2ccccc2c1)NCCCOC[C@@H]1CCCO1. The first kappa shape index (κ1) is 17.7. The summed E-state index contributed by atoms with van der Waals surface area (Å²) in [4.78, 5) is 11.8. The summed E-state index contributed by atoms with van der Waals surface area (Å²) in [6, 6.07) is 13.9. The molecule has 25 heavy (non-hydrogen) atoms. The van der Waals surface area contributed by atoms with Crippen LogP contribution in [0.3, 0.4) is 0 Å². The number of carbonyl (C=O) groups excluding carboxylic acids is 1. The molecule has 3 rings (SSSR count). The summed E-state index contributed by atoms with van der Waals surface area (Å²) in [5, 5.41) is 5.10. The van der Waals surface area contributed by atoms with E-state index in [4.69, 9.17) is 14.2 Å². The summed E-state index contributed by atoms with van der Waals surface area (Å²) >= 11 is 0. The van der Waals surface area contributed by atoms with Crippen molar-refractivity contribution in [2.45, 2.75) is 25.4 Å². The van der Waals surface area contributed by atoms with Gasteiger partial charge in [0, 0.05) is 19.8 Å². The Hall–Kier alpha value is -2.11. The van der Waals surface area contributed by atoms with Crippen LogP contribution in [0.1, 0.15) is 19.3 Å². The van der Waals surface area contributed by atoms with E-state index in [2.05, 4.69) is 5.32 Å². The van der Waals surface area contributed by atoms with Crippen LogP contribution < -0.4 is 10.1 Å². The van der Waals surface area contributed by atoms with Crippen LogP contribution >= 0.6 is 0 Å². The second kappa shape index (κ2) is 9.39. The van der Waals surface area contributed by atoms with Crippen molar-refractivity contribution in [1.29, 1.82) is 0 Å². The first-order valence-electron chi connectivity index (χ1n) is 8.89. The normalized spacial score (nSPS) is 16.9. The van der Waals surface area contributed by atoms with Crippen molar-refractivity contribution < 1.29 is 19.0 Å². The minimum Gasteiger partial charge on any atom is -0.484 e. The molecule has 5 heteroatoms. The van der Waals surface area contributed by atoms with E-state index < -0.39 is 0 Å². The van der Waals surface area contributed by atoms with Gasteiger partial charge >= 0.3 is 0 Å². The molecule has 1 N–H and O–H groups in total. The van der Waals surface area contributed by atoms with Crippen LogP contribution in [0.2, 0.25) is 0 Å². The molecule has 0 radical (unpaired) electrons. The monoisotopic (exact) mass is 343 g/mol. The Bertz CT molecular complexity index is 682. The Morgan fingerprint density at radius 2 is 2.08 bits per heavy atom. The molecule has 0 aromatic heterocycles. The predicted molar refractivity (Wildman–Crippen MR) is 96.9 cm³/mol. The molecule has 0 aliphatic carbocycles. The molecule has 2 aromatic rings. The van der Waals surface area contributed by atoms with Crippen molar-refractivity contribution in [2.75, 3.05) is 33.0 Å². The Balaban J connectivity index is 1.28. The van der Waals surface area contributed by atoms with Crippen molar-refractivity contribution in [3.05, 3.63) is 42.5 Å². The van der Waals surface area contributed by atoms with Crippen molar-refractivity contribution in [1.82, 2.24) is 5.32 Å². The molecule has 5 nitrogen and oxygen atoms in total. The zero-order valence-corrected chi connectivity index (χ0v) is 14.4. The maximum absolute atomic E-state index is 11.8. The van der Waals surface area contributed by atoms with Crippen molar-refractivity contribution >= 4 is 16.7 Å². The van der Waals surface area contributed by atoms with Gasteiger partial charge in [0.05, 0.1) is 12.7 Å². The third-order valence-corrected chi connectivity index (χ3v) is 4.21. The highest BCUT2D eigenvalue weighted by Crippen LogP contribution is 2.20. The van der Waals surface area contributed by atoms with Crippen LogP contribution in [0.5, 0.6) is 5.75 Å². The zero-order valence-electron chi connectivity index (χ0n) is 14.4. The van der Waals surface area contributed by atoms with Crippen LogP contribution in [-0.2, 0) is 14.3 Å². The van der Waals surface area contributed by atoms with Gasteiger partial charge in [0.25, 0.3) is 5.91 Å². The Labute approximate surface area is 148 Å². The molecule has 1 amide bonds. The first-order chi connectivity index (χ1) is 12.3. The van der Waals surface area contributed by atoms with Crippen LogP contribution in [-0.4, -0.2) is 45.0 Å². The van der Waals surface area contributed by atoms with Gasteiger partial charge in [-0.1, -0.05) is 30.3 Å². The molecular formula is C20H25NO4. The average Bonchev–Trinajstić information content (AvgIpc) is 3.16. The van der Waals surface area contributed by atoms with Gasteiger partial charge in [0.1, 0.15) is 5.75 Å². The molecule has 1 aliphatic heterocycles. The summed E-state index contributed by atoms with van der Waals surface area (Å²) in [5.74, 6) is 0.584. The van der Waals surface area contributed by atoms with E-state index in [0.717, 1.165) is 36.6 Å². The molecule has 0 spiro atoms. The lowest BCUT2D eigenvalue weighted by Crippen LogP contribution is -2.30. The second-order valence-electron chi connectivity index (χ2n) is 6.21. The predicted octanol–water partition coefficient (Wildman–Crippen LogP) is 2.92. The molecule has 0 saturated carbocycles. The van der Waals surface area contributed by atoms with E-state index in [1.54, 1.807) is 0 Å². The quantitative estimate of drug-likeness (QED) is 0.711. The number of carbonyl (C=O) groups is 1. The van der Waals surface area contributed by atoms with Crippen molar-refractivity contribution in [3.8, 4) is 5.75 Å². The molecule has 1 aliphatic rings. The topological polar surface area (TPSA) is 56.8 Å². The lowest BCUT2D eigenvalue weighted by molar-refractivity contribution is -0.123. The molecule has 1 saturated heterocycles. The number of nitrogens with one attached hydrogen (secondary N) is 1. The average molecular weight is 343 g/mol. The van der Waals surface area contributed by atoms with Gasteiger partial charge in [0.2, 0.25) is 0 Å². The number of ether oxygens (including phenoxy) is 3. The summed E-state index contributed by atoms with van der Waals surface area (Å²) in [6.07, 6.45) is 3.25. The largest absolute Gasteiger partial charge is 0.484 e. The summed E-state index contributed by atoms with van der Waals surface area (Å²) in [7, 11) is 0. The maximum atomic E-state index is 11.8. The van der Waals surface area contributed by atoms with Gasteiger partial charge in [-0.05, 0) is 42.2 Å². The van der Waals surface area contributed by atoms with Crippen LogP contribution in [0.15, 0.2) is 42.5 Å². The van der Waals surface area contributed by atoms with Crippen LogP contribution in [0.25, 0.3) is 10.8 Å². The molecule has 1 fully saturated rings. The fraction of sp³-hybridized carbons (Fsp3) is 0.450. The highest BCUT2D eigenvalue weighted by Gasteiger charge is 2.14. The molecule has 1 heterocycles. The van der Waals surface area contributed by atoms with Crippen LogP contribution in [0, 0.1) is 0 Å². The lowest BCUT2D eigenvalue weighted by atomic mass is 10.1. The maximum Gasteiger partial charge on any atom is 0.257 e. The van der Waals surface area contributed by atoms with Gasteiger partial charge in [0.15, 0.2) is 6.61 Å². The van der Waals surface area contributed by atoms with Crippen molar-refractivity contribution in [2.24, 2.45) is 0 Å². The van der Waals surface area contributed by atoms with E-state index in [1.165, 1.54) is 0 Å². The number of amides is 1. The molecule has 0 unspecified atom stereocenters. The Morgan fingerprint density at radius 1 is 1.20 bits per heavy atom. The van der Waals surface area contributed by atoms with Gasteiger partial charge in [-0.3, -0.25) is 4.79 Å². The smallest absolute Gasteiger partial charge is 0.257 e. The van der Waals surface area contributed by atoms with E-state index >= 15 is 0 Å². The fourth-order valence-corrected chi connectivity index (χ4v) is 2.85. The Morgan fingerprint density at radius 3 is 2.92 bits per heavy atom. The third kappa shape index (κ3) is 5.73. The molecular weight excluding hydrogens is 318 g/mol. The number of rotatable bonds is 9. The number of hydrogen-bond donors (Lipinski definition) is 1. The Kier molecular flexibility index (Phi) is 6.65. The number of fused-ring (bicyclic) bond motifs is 1. The molecule has 2 aromatic carbocycles. The highest BCUT2D eigenvalue weighted by molar-refractivity contribution is 5.84. The second-order valence-corrected chi connectivity index (χ2v) is 6.21. The minimum atomic E-state index is -0.118. The van der Waals surface area contributed by atoms with Gasteiger partial charge < -0.3 is 19.5 Å². The van der Waals surface area contributed by atoms with E-state index in [1.807, 2.05) is 42.5 Å². The molecule has 0 bridgehead atoms. The number of hydrogen-bond acceptors (Lipinski definition) is 4. The lowest BCUT2D eigenvalue weighted by Gasteiger charge is -2.11. The van der Waals surface area contributed by atoms with Gasteiger partial charge in [-0.25, -0.2) is 0 Å². The highest BCUT2D eigenvalue weighted by atomic mass is 16.5. The molecule has 1 atom stereocenters. The summed E-state index contributed by atoms with van der Waals surface area (Å²) in [5.41, 5.74) is 0. The van der Waals surface area contributed by atoms with Crippen molar-refractivity contribution in [3.63, 3.8) is 0 Å². The summed E-state index contributed by atoms with van der Waals surface area (Å²) in [6.45, 7) is 2.74. The van der Waals surface area contributed by atoms with E-state index in [-0.39, 0.29) is 18.6 Å². The number of benzene rings is 2. The van der Waals surface area contributed by atoms with Crippen LogP contribution in [0.4, 0.5) is 0 Å². The summed E-state index contributed by atoms with van der Waals surface area (Å²) < 4.78 is 16.6. The van der Waals surface area contributed by atoms with E-state index in [0.29, 0.717) is 25.5 Å². The van der Waals surface area contributed by atoms with Gasteiger partial charge in [-0.15, -0.1) is 0 Å².